The molecule has 4 heterocycles. The molecular weight excluding hydrogens is 364 g/mol. The Labute approximate surface area is 172 Å². The number of hydrogen-bond acceptors (Lipinski definition) is 4. The number of carbonyl (C=O) groups excluding carboxylic acids is 2. The van der Waals surface area contributed by atoms with Crippen molar-refractivity contribution < 1.29 is 9.59 Å². The van der Waals surface area contributed by atoms with Crippen molar-refractivity contribution in [3.05, 3.63) is 59.7 Å². The second-order valence-electron chi connectivity index (χ2n) is 8.40. The summed E-state index contributed by atoms with van der Waals surface area (Å²) in [5.74, 6) is 0.270. The van der Waals surface area contributed by atoms with Crippen molar-refractivity contribution in [2.75, 3.05) is 26.2 Å². The number of carbonyl (C=O) groups is 2. The highest BCUT2D eigenvalue weighted by Crippen LogP contribution is 2.39. The quantitative estimate of drug-likeness (QED) is 0.802. The summed E-state index contributed by atoms with van der Waals surface area (Å²) >= 11 is 0. The van der Waals surface area contributed by atoms with Gasteiger partial charge in [-0.2, -0.15) is 0 Å². The van der Waals surface area contributed by atoms with Crippen LogP contribution in [-0.4, -0.2) is 57.8 Å². The molecule has 0 unspecified atom stereocenters. The first-order valence-electron chi connectivity index (χ1n) is 10.4. The molecule has 2 aromatic heterocycles. The standard InChI is InChI=1S/C23H28N4O2/c1-18-6-7-19(15-25-18)22(29)27-13-4-10-23(17-27)11-8-21(28)26(16-23)14-9-20-5-2-3-12-24-20/h2-3,5-7,12,15H,4,8-11,13-14,16-17H2,1H3/t23-/m1/s1. The topological polar surface area (TPSA) is 66.4 Å². The van der Waals surface area contributed by atoms with Crippen LogP contribution in [0, 0.1) is 12.3 Å². The van der Waals surface area contributed by atoms with E-state index in [0.29, 0.717) is 25.1 Å². The lowest BCUT2D eigenvalue weighted by Crippen LogP contribution is -2.55. The van der Waals surface area contributed by atoms with Gasteiger partial charge in [-0.25, -0.2) is 0 Å². The van der Waals surface area contributed by atoms with E-state index in [-0.39, 0.29) is 17.2 Å². The van der Waals surface area contributed by atoms with E-state index >= 15 is 0 Å². The number of piperidine rings is 2. The molecule has 0 aromatic carbocycles. The molecule has 2 aliphatic rings. The molecule has 6 nitrogen and oxygen atoms in total. The van der Waals surface area contributed by atoms with Crippen molar-refractivity contribution in [2.24, 2.45) is 5.41 Å². The Kier molecular flexibility index (Phi) is 5.60. The van der Waals surface area contributed by atoms with E-state index in [4.69, 9.17) is 0 Å². The normalized spacial score (nSPS) is 22.2. The molecule has 0 aliphatic carbocycles. The predicted molar refractivity (Wildman–Crippen MR) is 110 cm³/mol. The summed E-state index contributed by atoms with van der Waals surface area (Å²) in [5.41, 5.74) is 2.56. The average Bonchev–Trinajstić information content (AvgIpc) is 2.75. The fraction of sp³-hybridized carbons (Fsp3) is 0.478. The zero-order valence-corrected chi connectivity index (χ0v) is 17.0. The van der Waals surface area contributed by atoms with Crippen molar-refractivity contribution in [3.63, 3.8) is 0 Å². The Bertz CT molecular complexity index is 868. The lowest BCUT2D eigenvalue weighted by molar-refractivity contribution is -0.138. The molecule has 29 heavy (non-hydrogen) atoms. The van der Waals surface area contributed by atoms with Gasteiger partial charge >= 0.3 is 0 Å². The fourth-order valence-electron chi connectivity index (χ4n) is 4.59. The van der Waals surface area contributed by atoms with Crippen LogP contribution in [0.4, 0.5) is 0 Å². The number of aromatic nitrogens is 2. The molecular formula is C23H28N4O2. The highest BCUT2D eigenvalue weighted by Gasteiger charge is 2.42. The first kappa shape index (κ1) is 19.6. The lowest BCUT2D eigenvalue weighted by Gasteiger charge is -2.48. The van der Waals surface area contributed by atoms with Gasteiger partial charge in [0.1, 0.15) is 0 Å². The zero-order chi connectivity index (χ0) is 20.3. The highest BCUT2D eigenvalue weighted by molar-refractivity contribution is 5.94. The third kappa shape index (κ3) is 4.47. The van der Waals surface area contributed by atoms with Gasteiger partial charge in [-0.3, -0.25) is 19.6 Å². The summed E-state index contributed by atoms with van der Waals surface area (Å²) in [5, 5.41) is 0. The maximum atomic E-state index is 13.0. The van der Waals surface area contributed by atoms with Crippen LogP contribution in [0.5, 0.6) is 0 Å². The Balaban J connectivity index is 1.43. The van der Waals surface area contributed by atoms with Crippen molar-refractivity contribution in [1.82, 2.24) is 19.8 Å². The second kappa shape index (κ2) is 8.31. The minimum Gasteiger partial charge on any atom is -0.342 e. The van der Waals surface area contributed by atoms with Gasteiger partial charge in [-0.05, 0) is 50.5 Å². The van der Waals surface area contributed by atoms with Gasteiger partial charge in [0.2, 0.25) is 5.91 Å². The van der Waals surface area contributed by atoms with Crippen molar-refractivity contribution in [1.29, 1.82) is 0 Å². The van der Waals surface area contributed by atoms with E-state index in [2.05, 4.69) is 9.97 Å². The van der Waals surface area contributed by atoms with Crippen molar-refractivity contribution >= 4 is 11.8 Å². The van der Waals surface area contributed by atoms with Crippen LogP contribution >= 0.6 is 0 Å². The van der Waals surface area contributed by atoms with E-state index in [1.165, 1.54) is 0 Å². The summed E-state index contributed by atoms with van der Waals surface area (Å²) in [6, 6.07) is 9.62. The number of nitrogens with zero attached hydrogens (tertiary/aromatic N) is 4. The van der Waals surface area contributed by atoms with Crippen molar-refractivity contribution in [3.8, 4) is 0 Å². The number of pyridine rings is 2. The fourth-order valence-corrected chi connectivity index (χ4v) is 4.59. The van der Waals surface area contributed by atoms with Crippen LogP contribution in [-0.2, 0) is 11.2 Å². The van der Waals surface area contributed by atoms with Crippen LogP contribution in [0.1, 0.15) is 47.4 Å². The summed E-state index contributed by atoms with van der Waals surface area (Å²) < 4.78 is 0. The zero-order valence-electron chi connectivity index (χ0n) is 17.0. The molecule has 4 rings (SSSR count). The summed E-state index contributed by atoms with van der Waals surface area (Å²) in [6.07, 6.45) is 7.70. The minimum absolute atomic E-state index is 0.00403. The Morgan fingerprint density at radius 1 is 1.14 bits per heavy atom. The van der Waals surface area contributed by atoms with Crippen LogP contribution in [0.3, 0.4) is 0 Å². The van der Waals surface area contributed by atoms with Gasteiger partial charge in [0.25, 0.3) is 5.91 Å². The average molecular weight is 393 g/mol. The molecule has 0 saturated carbocycles. The SMILES string of the molecule is Cc1ccc(C(=O)N2CCC[C@]3(CCC(=O)N(CCc4ccccn4)C3)C2)cn1. The number of aryl methyl sites for hydroxylation is 1. The largest absolute Gasteiger partial charge is 0.342 e. The molecule has 2 aromatic rings. The minimum atomic E-state index is 0.00403. The smallest absolute Gasteiger partial charge is 0.255 e. The van der Waals surface area contributed by atoms with Gasteiger partial charge in [-0.1, -0.05) is 6.07 Å². The van der Waals surface area contributed by atoms with Crippen LogP contribution < -0.4 is 0 Å². The first-order valence-corrected chi connectivity index (χ1v) is 10.4. The summed E-state index contributed by atoms with van der Waals surface area (Å²) in [4.78, 5) is 38.1. The molecule has 0 bridgehead atoms. The molecule has 1 spiro atoms. The second-order valence-corrected chi connectivity index (χ2v) is 8.40. The number of hydrogen-bond donors (Lipinski definition) is 0. The molecule has 0 radical (unpaired) electrons. The molecule has 6 heteroatoms. The highest BCUT2D eigenvalue weighted by atomic mass is 16.2. The lowest BCUT2D eigenvalue weighted by atomic mass is 9.73. The van der Waals surface area contributed by atoms with E-state index in [0.717, 1.165) is 50.2 Å². The number of amides is 2. The summed E-state index contributed by atoms with van der Waals surface area (Å²) in [6.45, 7) is 4.83. The molecule has 2 fully saturated rings. The van der Waals surface area contributed by atoms with Gasteiger partial charge in [-0.15, -0.1) is 0 Å². The first-order chi connectivity index (χ1) is 14.0. The van der Waals surface area contributed by atoms with Gasteiger partial charge in [0.05, 0.1) is 5.56 Å². The van der Waals surface area contributed by atoms with E-state index in [1.807, 2.05) is 47.1 Å². The molecule has 1 atom stereocenters. The molecule has 2 saturated heterocycles. The van der Waals surface area contributed by atoms with Crippen molar-refractivity contribution in [2.45, 2.75) is 39.0 Å². The number of rotatable bonds is 4. The monoisotopic (exact) mass is 392 g/mol. The maximum absolute atomic E-state index is 13.0. The maximum Gasteiger partial charge on any atom is 0.255 e. The molecule has 2 aliphatic heterocycles. The van der Waals surface area contributed by atoms with Gasteiger partial charge in [0, 0.05) is 68.2 Å². The molecule has 2 amide bonds. The Morgan fingerprint density at radius 3 is 2.79 bits per heavy atom. The molecule has 152 valence electrons. The third-order valence-electron chi connectivity index (χ3n) is 6.22. The van der Waals surface area contributed by atoms with Crippen LogP contribution in [0.2, 0.25) is 0 Å². The Hall–Kier alpha value is -2.76. The number of likely N-dealkylation sites (tertiary alicyclic amines) is 2. The summed E-state index contributed by atoms with van der Waals surface area (Å²) in [7, 11) is 0. The van der Waals surface area contributed by atoms with Gasteiger partial charge < -0.3 is 9.80 Å². The van der Waals surface area contributed by atoms with Gasteiger partial charge in [0.15, 0.2) is 0 Å². The van der Waals surface area contributed by atoms with Crippen LogP contribution in [0.15, 0.2) is 42.7 Å². The Morgan fingerprint density at radius 2 is 2.03 bits per heavy atom. The van der Waals surface area contributed by atoms with Crippen LogP contribution in [0.25, 0.3) is 0 Å². The van der Waals surface area contributed by atoms with E-state index < -0.39 is 0 Å². The van der Waals surface area contributed by atoms with E-state index in [9.17, 15) is 9.59 Å². The predicted octanol–water partition coefficient (Wildman–Crippen LogP) is 2.87. The molecule has 0 N–H and O–H groups in total. The third-order valence-corrected chi connectivity index (χ3v) is 6.22. The van der Waals surface area contributed by atoms with E-state index in [1.54, 1.807) is 12.4 Å².